The highest BCUT2D eigenvalue weighted by atomic mass is 32.2. The molecule has 0 aromatic carbocycles. The average Bonchev–Trinajstić information content (AvgIpc) is 2.33. The van der Waals surface area contributed by atoms with Gasteiger partial charge in [-0.05, 0) is 13.3 Å². The standard InChI is InChI=1S/C14H26N4O2S/c1-6-7-15-12-8-13(18-14(17-12)10(2)3)16-11(4)9-21(5,19)20/h8,10-11H,6-7,9H2,1-5H3,(H2,15,16,17,18). The topological polar surface area (TPSA) is 84.0 Å². The van der Waals surface area contributed by atoms with Crippen molar-refractivity contribution in [2.24, 2.45) is 0 Å². The minimum atomic E-state index is -3.02. The summed E-state index contributed by atoms with van der Waals surface area (Å²) < 4.78 is 22.7. The third kappa shape index (κ3) is 6.75. The Balaban J connectivity index is 2.91. The molecule has 0 aliphatic carbocycles. The highest BCUT2D eigenvalue weighted by Gasteiger charge is 2.13. The molecule has 0 fully saturated rings. The molecule has 0 bridgehead atoms. The Morgan fingerprint density at radius 3 is 2.33 bits per heavy atom. The number of sulfone groups is 1. The monoisotopic (exact) mass is 314 g/mol. The molecule has 0 saturated carbocycles. The summed E-state index contributed by atoms with van der Waals surface area (Å²) in [7, 11) is -3.02. The van der Waals surface area contributed by atoms with Gasteiger partial charge >= 0.3 is 0 Å². The van der Waals surface area contributed by atoms with Gasteiger partial charge in [0.05, 0.1) is 5.75 Å². The van der Waals surface area contributed by atoms with E-state index in [0.29, 0.717) is 5.82 Å². The van der Waals surface area contributed by atoms with Crippen molar-refractivity contribution < 1.29 is 8.42 Å². The van der Waals surface area contributed by atoms with E-state index >= 15 is 0 Å². The van der Waals surface area contributed by atoms with Crippen molar-refractivity contribution in [3.05, 3.63) is 11.9 Å². The van der Waals surface area contributed by atoms with Gasteiger partial charge in [0.25, 0.3) is 0 Å². The van der Waals surface area contributed by atoms with Gasteiger partial charge in [0.1, 0.15) is 27.3 Å². The van der Waals surface area contributed by atoms with Gasteiger partial charge in [0, 0.05) is 30.8 Å². The normalized spacial score (nSPS) is 13.2. The van der Waals surface area contributed by atoms with Crippen LogP contribution in [0.15, 0.2) is 6.07 Å². The Kier molecular flexibility index (Phi) is 6.39. The average molecular weight is 314 g/mol. The smallest absolute Gasteiger partial charge is 0.149 e. The quantitative estimate of drug-likeness (QED) is 0.766. The zero-order chi connectivity index (χ0) is 16.0. The highest BCUT2D eigenvalue weighted by Crippen LogP contribution is 2.17. The Hall–Kier alpha value is -1.37. The third-order valence-electron chi connectivity index (χ3n) is 2.76. The first-order valence-electron chi connectivity index (χ1n) is 7.28. The molecule has 1 rings (SSSR count). The molecule has 6 nitrogen and oxygen atoms in total. The summed E-state index contributed by atoms with van der Waals surface area (Å²) in [5.74, 6) is 2.45. The number of rotatable bonds is 8. The Morgan fingerprint density at radius 2 is 1.81 bits per heavy atom. The van der Waals surface area contributed by atoms with E-state index in [1.807, 2.05) is 26.8 Å². The van der Waals surface area contributed by atoms with Crippen LogP contribution in [0.5, 0.6) is 0 Å². The highest BCUT2D eigenvalue weighted by molar-refractivity contribution is 7.90. The molecular formula is C14H26N4O2S. The summed E-state index contributed by atoms with van der Waals surface area (Å²) >= 11 is 0. The molecule has 2 N–H and O–H groups in total. The molecule has 0 aliphatic heterocycles. The van der Waals surface area contributed by atoms with Crippen LogP contribution in [0.3, 0.4) is 0 Å². The van der Waals surface area contributed by atoms with Gasteiger partial charge in [-0.3, -0.25) is 0 Å². The lowest BCUT2D eigenvalue weighted by Gasteiger charge is -2.16. The predicted octanol–water partition coefficient (Wildman–Crippen LogP) is 2.27. The van der Waals surface area contributed by atoms with Crippen LogP contribution in [0.2, 0.25) is 0 Å². The molecule has 1 aromatic rings. The van der Waals surface area contributed by atoms with Gasteiger partial charge in [0.15, 0.2) is 0 Å². The molecule has 1 heterocycles. The number of nitrogens with one attached hydrogen (secondary N) is 2. The van der Waals surface area contributed by atoms with Gasteiger partial charge in [-0.2, -0.15) is 0 Å². The fraction of sp³-hybridized carbons (Fsp3) is 0.714. The summed E-state index contributed by atoms with van der Waals surface area (Å²) in [4.78, 5) is 8.93. The van der Waals surface area contributed by atoms with E-state index in [2.05, 4.69) is 27.5 Å². The van der Waals surface area contributed by atoms with Crippen LogP contribution in [0.4, 0.5) is 11.6 Å². The first-order chi connectivity index (χ1) is 9.71. The molecule has 1 atom stereocenters. The lowest BCUT2D eigenvalue weighted by atomic mass is 10.2. The summed E-state index contributed by atoms with van der Waals surface area (Å²) in [5.41, 5.74) is 0. The Morgan fingerprint density at radius 1 is 1.19 bits per heavy atom. The van der Waals surface area contributed by atoms with Crippen LogP contribution >= 0.6 is 0 Å². The zero-order valence-corrected chi connectivity index (χ0v) is 14.3. The van der Waals surface area contributed by atoms with Crippen molar-refractivity contribution in [3.63, 3.8) is 0 Å². The van der Waals surface area contributed by atoms with Crippen molar-refractivity contribution in [2.75, 3.05) is 29.2 Å². The molecule has 1 aromatic heterocycles. The summed E-state index contributed by atoms with van der Waals surface area (Å²) in [5, 5.41) is 6.38. The van der Waals surface area contributed by atoms with Crippen molar-refractivity contribution in [2.45, 2.75) is 46.1 Å². The molecule has 7 heteroatoms. The second kappa shape index (κ2) is 7.59. The predicted molar refractivity (Wildman–Crippen MR) is 87.7 cm³/mol. The minimum Gasteiger partial charge on any atom is -0.370 e. The molecule has 0 spiro atoms. The first-order valence-corrected chi connectivity index (χ1v) is 9.34. The van der Waals surface area contributed by atoms with Gasteiger partial charge in [-0.25, -0.2) is 18.4 Å². The van der Waals surface area contributed by atoms with Crippen molar-refractivity contribution in [1.82, 2.24) is 9.97 Å². The lowest BCUT2D eigenvalue weighted by Crippen LogP contribution is -2.26. The number of hydrogen-bond acceptors (Lipinski definition) is 6. The minimum absolute atomic E-state index is 0.0751. The van der Waals surface area contributed by atoms with E-state index in [-0.39, 0.29) is 17.7 Å². The van der Waals surface area contributed by atoms with Crippen LogP contribution in [-0.2, 0) is 9.84 Å². The summed E-state index contributed by atoms with van der Waals surface area (Å²) in [6.07, 6.45) is 2.24. The maximum Gasteiger partial charge on any atom is 0.149 e. The SMILES string of the molecule is CCCNc1cc(NC(C)CS(C)(=O)=O)nc(C(C)C)n1. The van der Waals surface area contributed by atoms with Crippen LogP contribution < -0.4 is 10.6 Å². The molecule has 0 radical (unpaired) electrons. The Bertz CT molecular complexity index is 558. The van der Waals surface area contributed by atoms with E-state index in [9.17, 15) is 8.42 Å². The van der Waals surface area contributed by atoms with E-state index in [4.69, 9.17) is 0 Å². The van der Waals surface area contributed by atoms with Crippen molar-refractivity contribution >= 4 is 21.5 Å². The maximum absolute atomic E-state index is 11.3. The molecule has 120 valence electrons. The van der Waals surface area contributed by atoms with Crippen LogP contribution in [0.1, 0.15) is 45.9 Å². The maximum atomic E-state index is 11.3. The van der Waals surface area contributed by atoms with Crippen LogP contribution in [-0.4, -0.2) is 43.0 Å². The van der Waals surface area contributed by atoms with E-state index in [1.165, 1.54) is 6.26 Å². The van der Waals surface area contributed by atoms with Crippen molar-refractivity contribution in [3.8, 4) is 0 Å². The zero-order valence-electron chi connectivity index (χ0n) is 13.5. The van der Waals surface area contributed by atoms with E-state index in [0.717, 1.165) is 24.6 Å². The lowest BCUT2D eigenvalue weighted by molar-refractivity contribution is 0.598. The van der Waals surface area contributed by atoms with E-state index < -0.39 is 9.84 Å². The third-order valence-corrected chi connectivity index (χ3v) is 3.87. The largest absolute Gasteiger partial charge is 0.370 e. The van der Waals surface area contributed by atoms with Crippen molar-refractivity contribution in [1.29, 1.82) is 0 Å². The molecule has 0 amide bonds. The molecule has 0 aliphatic rings. The molecule has 21 heavy (non-hydrogen) atoms. The van der Waals surface area contributed by atoms with Gasteiger partial charge in [-0.1, -0.05) is 20.8 Å². The molecule has 0 saturated heterocycles. The number of hydrogen-bond donors (Lipinski definition) is 2. The second-order valence-corrected chi connectivity index (χ2v) is 7.90. The number of aromatic nitrogens is 2. The second-order valence-electron chi connectivity index (χ2n) is 5.72. The number of anilines is 2. The Labute approximate surface area is 127 Å². The first kappa shape index (κ1) is 17.7. The summed E-state index contributed by atoms with van der Waals surface area (Å²) in [6, 6.07) is 1.62. The fourth-order valence-electron chi connectivity index (χ4n) is 1.89. The molecule has 1 unspecified atom stereocenters. The number of nitrogens with zero attached hydrogens (tertiary/aromatic N) is 2. The summed E-state index contributed by atoms with van der Waals surface area (Å²) in [6.45, 7) is 8.82. The van der Waals surface area contributed by atoms with Gasteiger partial charge in [-0.15, -0.1) is 0 Å². The van der Waals surface area contributed by atoms with Gasteiger partial charge < -0.3 is 10.6 Å². The molecular weight excluding hydrogens is 288 g/mol. The van der Waals surface area contributed by atoms with E-state index in [1.54, 1.807) is 0 Å². The fourth-order valence-corrected chi connectivity index (χ4v) is 2.88. The van der Waals surface area contributed by atoms with Gasteiger partial charge in [0.2, 0.25) is 0 Å². The van der Waals surface area contributed by atoms with Crippen LogP contribution in [0, 0.1) is 0 Å². The van der Waals surface area contributed by atoms with Crippen LogP contribution in [0.25, 0.3) is 0 Å².